The molecule has 1 aliphatic heterocycles. The van der Waals surface area contributed by atoms with Crippen molar-refractivity contribution in [1.82, 2.24) is 8.87 Å². The number of piperidine rings is 1. The van der Waals surface area contributed by atoms with Crippen molar-refractivity contribution < 1.29 is 13.2 Å². The van der Waals surface area contributed by atoms with Crippen LogP contribution in [0.15, 0.2) is 17.1 Å². The number of thiazole rings is 1. The van der Waals surface area contributed by atoms with Gasteiger partial charge in [0.2, 0.25) is 10.0 Å². The summed E-state index contributed by atoms with van der Waals surface area (Å²) < 4.78 is 28.4. The van der Waals surface area contributed by atoms with Gasteiger partial charge in [0.05, 0.1) is 22.4 Å². The number of hydrogen-bond donors (Lipinski definition) is 0. The Kier molecular flexibility index (Phi) is 6.69. The van der Waals surface area contributed by atoms with Gasteiger partial charge in [0.1, 0.15) is 0 Å². The number of carbonyl (C=O) groups excluding carboxylic acids is 1. The lowest BCUT2D eigenvalue weighted by Gasteiger charge is -2.28. The van der Waals surface area contributed by atoms with Gasteiger partial charge in [-0.15, -0.1) is 0 Å². The lowest BCUT2D eigenvalue weighted by molar-refractivity contribution is -0.122. The zero-order valence-electron chi connectivity index (χ0n) is 16.8. The molecular weight excluding hydrogens is 414 g/mol. The Hall–Kier alpha value is -1.16. The van der Waals surface area contributed by atoms with Crippen molar-refractivity contribution in [3.63, 3.8) is 0 Å². The second-order valence-electron chi connectivity index (χ2n) is 7.37. The number of sulfonamides is 1. The fraction of sp³-hybridized carbons (Fsp3) is 0.579. The second kappa shape index (κ2) is 8.69. The Morgan fingerprint density at radius 1 is 1.36 bits per heavy atom. The zero-order valence-corrected chi connectivity index (χ0v) is 19.2. The van der Waals surface area contributed by atoms with Gasteiger partial charge < -0.3 is 4.57 Å². The van der Waals surface area contributed by atoms with Crippen LogP contribution in [-0.4, -0.2) is 54.6 Å². The van der Waals surface area contributed by atoms with Gasteiger partial charge in [-0.2, -0.15) is 16.8 Å². The molecule has 2 aromatic rings. The second-order valence-corrected chi connectivity index (χ2v) is 11.3. The predicted octanol–water partition coefficient (Wildman–Crippen LogP) is 2.78. The molecule has 1 aromatic carbocycles. The van der Waals surface area contributed by atoms with Crippen LogP contribution in [0.25, 0.3) is 10.2 Å². The van der Waals surface area contributed by atoms with E-state index in [9.17, 15) is 13.2 Å². The first kappa shape index (κ1) is 21.5. The van der Waals surface area contributed by atoms with E-state index in [0.29, 0.717) is 24.2 Å². The first-order chi connectivity index (χ1) is 13.2. The number of hydrogen-bond acceptors (Lipinski definition) is 5. The van der Waals surface area contributed by atoms with Crippen LogP contribution in [0.2, 0.25) is 0 Å². The maximum Gasteiger partial charge on any atom is 0.252 e. The molecule has 1 fully saturated rings. The average molecular weight is 442 g/mol. The Morgan fingerprint density at radius 2 is 2.11 bits per heavy atom. The lowest BCUT2D eigenvalue weighted by Crippen LogP contribution is -2.41. The molecule has 1 atom stereocenters. The summed E-state index contributed by atoms with van der Waals surface area (Å²) in [5, 5.41) is 0. The maximum atomic E-state index is 12.9. The van der Waals surface area contributed by atoms with Crippen molar-refractivity contribution in [3.05, 3.63) is 28.1 Å². The van der Waals surface area contributed by atoms with E-state index in [-0.39, 0.29) is 18.4 Å². The van der Waals surface area contributed by atoms with Gasteiger partial charge in [-0.05, 0) is 50.1 Å². The molecule has 0 aliphatic carbocycles. The van der Waals surface area contributed by atoms with E-state index in [2.05, 4.69) is 41.8 Å². The van der Waals surface area contributed by atoms with Crippen molar-refractivity contribution >= 4 is 49.2 Å². The molecule has 0 N–H and O–H groups in total. The summed E-state index contributed by atoms with van der Waals surface area (Å²) in [7, 11) is -3.28. The van der Waals surface area contributed by atoms with Crippen LogP contribution in [0.1, 0.15) is 24.0 Å². The molecule has 0 radical (unpaired) electrons. The van der Waals surface area contributed by atoms with Crippen molar-refractivity contribution in [2.75, 3.05) is 31.4 Å². The minimum atomic E-state index is -3.28. The van der Waals surface area contributed by atoms with Crippen molar-refractivity contribution in [2.24, 2.45) is 10.9 Å². The Balaban J connectivity index is 2.00. The van der Waals surface area contributed by atoms with Gasteiger partial charge in [-0.3, -0.25) is 4.79 Å². The number of nitrogens with zero attached hydrogens (tertiary/aromatic N) is 3. The van der Waals surface area contributed by atoms with Gasteiger partial charge in [-0.1, -0.05) is 17.4 Å². The molecular formula is C19H27N3O3S3. The van der Waals surface area contributed by atoms with Crippen LogP contribution in [0.4, 0.5) is 0 Å². The molecule has 0 bridgehead atoms. The smallest absolute Gasteiger partial charge is 0.252 e. The lowest BCUT2D eigenvalue weighted by atomic mass is 9.99. The normalized spacial score (nSPS) is 19.4. The van der Waals surface area contributed by atoms with E-state index in [0.717, 1.165) is 22.5 Å². The van der Waals surface area contributed by atoms with Crippen LogP contribution in [0.5, 0.6) is 0 Å². The zero-order chi connectivity index (χ0) is 20.5. The van der Waals surface area contributed by atoms with Crippen molar-refractivity contribution in [3.8, 4) is 0 Å². The molecule has 154 valence electrons. The molecule has 2 heterocycles. The summed E-state index contributed by atoms with van der Waals surface area (Å²) in [5.41, 5.74) is 3.49. The Morgan fingerprint density at radius 3 is 2.79 bits per heavy atom. The standard InChI is InChI=1S/C19H27N3O3S3/c1-13-10-14(2)17-16(11-13)22(8-9-26-3)19(27-17)20-18(23)15-6-5-7-21(12-15)28(4,24)25/h10-11,15H,5-9,12H2,1-4H3. The summed E-state index contributed by atoms with van der Waals surface area (Å²) >= 11 is 3.30. The van der Waals surface area contributed by atoms with Crippen LogP contribution in [0.3, 0.4) is 0 Å². The van der Waals surface area contributed by atoms with Gasteiger partial charge in [0.15, 0.2) is 4.80 Å². The van der Waals surface area contributed by atoms with Gasteiger partial charge in [-0.25, -0.2) is 12.7 Å². The first-order valence-electron chi connectivity index (χ1n) is 9.34. The van der Waals surface area contributed by atoms with E-state index in [4.69, 9.17) is 0 Å². The number of aryl methyl sites for hydroxylation is 3. The van der Waals surface area contributed by atoms with E-state index in [1.54, 1.807) is 23.1 Å². The number of rotatable bonds is 5. The van der Waals surface area contributed by atoms with Gasteiger partial charge in [0.25, 0.3) is 5.91 Å². The number of fused-ring (bicyclic) bond motifs is 1. The topological polar surface area (TPSA) is 71.7 Å². The summed E-state index contributed by atoms with van der Waals surface area (Å²) in [4.78, 5) is 18.1. The maximum absolute atomic E-state index is 12.9. The van der Waals surface area contributed by atoms with E-state index in [1.807, 2.05) is 0 Å². The molecule has 9 heteroatoms. The molecule has 0 saturated carbocycles. The first-order valence-corrected chi connectivity index (χ1v) is 13.4. The minimum absolute atomic E-state index is 0.216. The summed E-state index contributed by atoms with van der Waals surface area (Å²) in [6.45, 7) is 5.66. The van der Waals surface area contributed by atoms with E-state index >= 15 is 0 Å². The molecule has 3 rings (SSSR count). The fourth-order valence-corrected chi connectivity index (χ4v) is 6.02. The van der Waals surface area contributed by atoms with E-state index < -0.39 is 10.0 Å². The summed E-state index contributed by atoms with van der Waals surface area (Å²) in [5.74, 6) is 0.351. The number of aromatic nitrogens is 1. The van der Waals surface area contributed by atoms with Crippen molar-refractivity contribution in [2.45, 2.75) is 33.2 Å². The average Bonchev–Trinajstić information content (AvgIpc) is 2.96. The van der Waals surface area contributed by atoms with Crippen LogP contribution in [-0.2, 0) is 21.4 Å². The highest BCUT2D eigenvalue weighted by molar-refractivity contribution is 7.98. The molecule has 1 aromatic heterocycles. The highest BCUT2D eigenvalue weighted by Gasteiger charge is 2.30. The predicted molar refractivity (Wildman–Crippen MR) is 117 cm³/mol. The molecule has 1 amide bonds. The molecule has 1 unspecified atom stereocenters. The van der Waals surface area contributed by atoms with Gasteiger partial charge >= 0.3 is 0 Å². The summed E-state index contributed by atoms with van der Waals surface area (Å²) in [6, 6.07) is 4.29. The van der Waals surface area contributed by atoms with Crippen LogP contribution < -0.4 is 4.80 Å². The SMILES string of the molecule is CSCCn1c(=NC(=O)C2CCCN(S(C)(=O)=O)C2)sc2c(C)cc(C)cc21. The molecule has 28 heavy (non-hydrogen) atoms. The third-order valence-electron chi connectivity index (χ3n) is 5.04. The molecule has 6 nitrogen and oxygen atoms in total. The van der Waals surface area contributed by atoms with E-state index in [1.165, 1.54) is 21.7 Å². The third kappa shape index (κ3) is 4.69. The number of carbonyl (C=O) groups is 1. The summed E-state index contributed by atoms with van der Waals surface area (Å²) in [6.07, 6.45) is 4.64. The monoisotopic (exact) mass is 441 g/mol. The third-order valence-corrected chi connectivity index (χ3v) is 8.13. The highest BCUT2D eigenvalue weighted by Crippen LogP contribution is 2.24. The number of amides is 1. The number of benzene rings is 1. The van der Waals surface area contributed by atoms with Crippen molar-refractivity contribution in [1.29, 1.82) is 0 Å². The van der Waals surface area contributed by atoms with Gasteiger partial charge in [0, 0.05) is 25.4 Å². The van der Waals surface area contributed by atoms with Crippen LogP contribution >= 0.6 is 23.1 Å². The molecule has 0 spiro atoms. The largest absolute Gasteiger partial charge is 0.315 e. The number of thioether (sulfide) groups is 1. The quantitative estimate of drug-likeness (QED) is 0.715. The molecule has 1 saturated heterocycles. The van der Waals surface area contributed by atoms with Crippen LogP contribution in [0, 0.1) is 19.8 Å². The Labute approximate surface area is 174 Å². The minimum Gasteiger partial charge on any atom is -0.315 e. The fourth-order valence-electron chi connectivity index (χ4n) is 3.63. The molecule has 1 aliphatic rings. The highest BCUT2D eigenvalue weighted by atomic mass is 32.2. The Bertz CT molecular complexity index is 1050.